The van der Waals surface area contributed by atoms with Crippen molar-refractivity contribution in [1.29, 1.82) is 0 Å². The average Bonchev–Trinajstić information content (AvgIpc) is 2.46. The van der Waals surface area contributed by atoms with Gasteiger partial charge in [0.1, 0.15) is 6.04 Å². The number of carbonyl (C=O) groups is 2. The van der Waals surface area contributed by atoms with Gasteiger partial charge in [-0.3, -0.25) is 14.9 Å². The fraction of sp³-hybridized carbons (Fsp3) is 0.385. The summed E-state index contributed by atoms with van der Waals surface area (Å²) in [6, 6.07) is 2.74. The van der Waals surface area contributed by atoms with Crippen LogP contribution in [0.5, 0.6) is 5.75 Å². The van der Waals surface area contributed by atoms with Gasteiger partial charge in [-0.25, -0.2) is 4.79 Å². The summed E-state index contributed by atoms with van der Waals surface area (Å²) in [5, 5.41) is 20.0. The molecule has 2 atom stereocenters. The normalized spacial score (nSPS) is 13.1. The van der Waals surface area contributed by atoms with Crippen LogP contribution < -0.4 is 4.74 Å². The summed E-state index contributed by atoms with van der Waals surface area (Å²) in [6.45, 7) is 2.73. The van der Waals surface area contributed by atoms with E-state index in [2.05, 4.69) is 0 Å². The van der Waals surface area contributed by atoms with Gasteiger partial charge in [-0.15, -0.1) is 0 Å². The Bertz CT molecular complexity index is 606. The zero-order valence-corrected chi connectivity index (χ0v) is 12.9. The second kappa shape index (κ2) is 7.08. The highest BCUT2D eigenvalue weighted by Gasteiger charge is 2.28. The van der Waals surface area contributed by atoms with Crippen LogP contribution >= 0.6 is 11.6 Å². The number of benzene rings is 1. The molecule has 0 bridgehead atoms. The van der Waals surface area contributed by atoms with Crippen LogP contribution in [0, 0.1) is 10.1 Å². The third-order valence-electron chi connectivity index (χ3n) is 3.06. The molecule has 0 aromatic heterocycles. The van der Waals surface area contributed by atoms with Crippen LogP contribution in [-0.2, 0) is 9.59 Å². The van der Waals surface area contributed by atoms with E-state index in [0.29, 0.717) is 0 Å². The Morgan fingerprint density at radius 2 is 2.00 bits per heavy atom. The lowest BCUT2D eigenvalue weighted by molar-refractivity contribution is -0.386. The number of carboxylic acids is 1. The van der Waals surface area contributed by atoms with Crippen LogP contribution in [-0.4, -0.2) is 46.0 Å². The minimum Gasteiger partial charge on any atom is -0.480 e. The molecule has 1 aromatic rings. The van der Waals surface area contributed by atoms with Crippen LogP contribution in [0.25, 0.3) is 0 Å². The molecule has 1 rings (SSSR count). The molecule has 22 heavy (non-hydrogen) atoms. The third-order valence-corrected chi connectivity index (χ3v) is 3.29. The molecular weight excluding hydrogens is 316 g/mol. The first-order valence-electron chi connectivity index (χ1n) is 6.25. The molecule has 0 aliphatic rings. The third kappa shape index (κ3) is 4.08. The zero-order valence-electron chi connectivity index (χ0n) is 12.1. The van der Waals surface area contributed by atoms with E-state index in [-0.39, 0.29) is 16.5 Å². The maximum atomic E-state index is 12.1. The summed E-state index contributed by atoms with van der Waals surface area (Å²) in [4.78, 5) is 34.2. The van der Waals surface area contributed by atoms with Crippen molar-refractivity contribution in [3.63, 3.8) is 0 Å². The number of carbonyl (C=O) groups excluding carboxylic acids is 1. The number of hydrogen-bond acceptors (Lipinski definition) is 5. The molecule has 1 aromatic carbocycles. The standard InChI is InChI=1S/C13H15ClN2O6/c1-7(13(18)19)15(3)12(17)8(2)22-11-5-4-9(14)6-10(11)16(20)21/h4-8H,1-3H3,(H,18,19). The van der Waals surface area contributed by atoms with Crippen molar-refractivity contribution in [2.45, 2.75) is 26.0 Å². The van der Waals surface area contributed by atoms with E-state index in [1.54, 1.807) is 0 Å². The van der Waals surface area contributed by atoms with Gasteiger partial charge in [-0.2, -0.15) is 0 Å². The predicted molar refractivity (Wildman–Crippen MR) is 78.1 cm³/mol. The Kier molecular flexibility index (Phi) is 5.69. The van der Waals surface area contributed by atoms with Gasteiger partial charge in [0.15, 0.2) is 11.9 Å². The van der Waals surface area contributed by atoms with E-state index in [1.807, 2.05) is 0 Å². The summed E-state index contributed by atoms with van der Waals surface area (Å²) in [6.07, 6.45) is -1.09. The summed E-state index contributed by atoms with van der Waals surface area (Å²) < 4.78 is 5.29. The molecular formula is C13H15ClN2O6. The number of aliphatic carboxylic acids is 1. The highest BCUT2D eigenvalue weighted by molar-refractivity contribution is 6.30. The molecule has 0 aliphatic heterocycles. The van der Waals surface area contributed by atoms with Gasteiger partial charge in [0.2, 0.25) is 0 Å². The van der Waals surface area contributed by atoms with E-state index >= 15 is 0 Å². The fourth-order valence-electron chi connectivity index (χ4n) is 1.62. The Morgan fingerprint density at radius 3 is 2.50 bits per heavy atom. The molecule has 2 unspecified atom stereocenters. The Hall–Kier alpha value is -2.35. The monoisotopic (exact) mass is 330 g/mol. The van der Waals surface area contributed by atoms with Crippen molar-refractivity contribution < 1.29 is 24.4 Å². The second-order valence-corrected chi connectivity index (χ2v) is 5.03. The van der Waals surface area contributed by atoms with Gasteiger partial charge in [0.25, 0.3) is 5.91 Å². The number of nitrogens with zero attached hydrogens (tertiary/aromatic N) is 2. The highest BCUT2D eigenvalue weighted by Crippen LogP contribution is 2.30. The topological polar surface area (TPSA) is 110 Å². The van der Waals surface area contributed by atoms with Crippen molar-refractivity contribution in [3.8, 4) is 5.75 Å². The summed E-state index contributed by atoms with van der Waals surface area (Å²) in [7, 11) is 1.32. The number of ether oxygens (including phenoxy) is 1. The van der Waals surface area contributed by atoms with Gasteiger partial charge in [0, 0.05) is 18.1 Å². The quantitative estimate of drug-likeness (QED) is 0.630. The molecule has 0 fully saturated rings. The number of carboxylic acid groups (broad SMARTS) is 1. The molecule has 120 valence electrons. The van der Waals surface area contributed by atoms with E-state index in [0.717, 1.165) is 11.0 Å². The first-order chi connectivity index (χ1) is 10.1. The number of halogens is 1. The molecule has 0 saturated heterocycles. The van der Waals surface area contributed by atoms with E-state index < -0.39 is 28.9 Å². The number of nitro groups is 1. The van der Waals surface area contributed by atoms with Gasteiger partial charge in [-0.05, 0) is 26.0 Å². The number of amides is 1. The SMILES string of the molecule is CC(Oc1ccc(Cl)cc1[N+](=O)[O-])C(=O)N(C)C(C)C(=O)O. The average molecular weight is 331 g/mol. The largest absolute Gasteiger partial charge is 0.480 e. The second-order valence-electron chi connectivity index (χ2n) is 4.59. The number of likely N-dealkylation sites (N-methyl/N-ethyl adjacent to an activating group) is 1. The summed E-state index contributed by atoms with van der Waals surface area (Å²) in [5.41, 5.74) is -0.374. The smallest absolute Gasteiger partial charge is 0.326 e. The van der Waals surface area contributed by atoms with Crippen LogP contribution in [0.15, 0.2) is 18.2 Å². The van der Waals surface area contributed by atoms with Crippen LogP contribution in [0.4, 0.5) is 5.69 Å². The molecule has 1 amide bonds. The van der Waals surface area contributed by atoms with Gasteiger partial charge >= 0.3 is 11.7 Å². The number of hydrogen-bond donors (Lipinski definition) is 1. The zero-order chi connectivity index (χ0) is 17.0. The Morgan fingerprint density at radius 1 is 1.41 bits per heavy atom. The first kappa shape index (κ1) is 17.7. The van der Waals surface area contributed by atoms with E-state index in [1.165, 1.54) is 33.0 Å². The lowest BCUT2D eigenvalue weighted by Crippen LogP contribution is -2.46. The van der Waals surface area contributed by atoms with Crippen molar-refractivity contribution in [3.05, 3.63) is 33.3 Å². The molecule has 1 N–H and O–H groups in total. The highest BCUT2D eigenvalue weighted by atomic mass is 35.5. The minimum absolute atomic E-state index is 0.119. The maximum absolute atomic E-state index is 12.1. The van der Waals surface area contributed by atoms with E-state index in [9.17, 15) is 19.7 Å². The molecule has 0 radical (unpaired) electrons. The van der Waals surface area contributed by atoms with Crippen LogP contribution in [0.3, 0.4) is 0 Å². The maximum Gasteiger partial charge on any atom is 0.326 e. The van der Waals surface area contributed by atoms with Crippen LogP contribution in [0.1, 0.15) is 13.8 Å². The van der Waals surface area contributed by atoms with Crippen LogP contribution in [0.2, 0.25) is 5.02 Å². The molecule has 0 spiro atoms. The fourth-order valence-corrected chi connectivity index (χ4v) is 1.78. The summed E-state index contributed by atoms with van der Waals surface area (Å²) >= 11 is 5.69. The Labute approximate surface area is 131 Å². The Balaban J connectivity index is 2.93. The van der Waals surface area contributed by atoms with Crippen molar-refractivity contribution >= 4 is 29.2 Å². The van der Waals surface area contributed by atoms with Crippen molar-refractivity contribution in [1.82, 2.24) is 4.90 Å². The van der Waals surface area contributed by atoms with Gasteiger partial charge in [-0.1, -0.05) is 11.6 Å². The lowest BCUT2D eigenvalue weighted by Gasteiger charge is -2.25. The van der Waals surface area contributed by atoms with Gasteiger partial charge < -0.3 is 14.7 Å². The molecule has 0 aliphatic carbocycles. The van der Waals surface area contributed by atoms with E-state index in [4.69, 9.17) is 21.4 Å². The molecule has 0 saturated carbocycles. The number of rotatable bonds is 6. The lowest BCUT2D eigenvalue weighted by atomic mass is 10.2. The predicted octanol–water partition coefficient (Wildman–Crippen LogP) is 1.95. The minimum atomic E-state index is -1.17. The molecule has 8 nitrogen and oxygen atoms in total. The van der Waals surface area contributed by atoms with Gasteiger partial charge in [0.05, 0.1) is 4.92 Å². The molecule has 9 heteroatoms. The summed E-state index contributed by atoms with van der Waals surface area (Å²) in [5.74, 6) is -1.90. The number of nitro benzene ring substituents is 1. The molecule has 0 heterocycles. The van der Waals surface area contributed by atoms with Crippen molar-refractivity contribution in [2.24, 2.45) is 0 Å². The van der Waals surface area contributed by atoms with Crippen molar-refractivity contribution in [2.75, 3.05) is 7.05 Å². The first-order valence-corrected chi connectivity index (χ1v) is 6.63.